The molecule has 1 aromatic carbocycles. The summed E-state index contributed by atoms with van der Waals surface area (Å²) in [4.78, 5) is 11.8. The van der Waals surface area contributed by atoms with Crippen LogP contribution in [0, 0.1) is 5.82 Å². The molecule has 0 radical (unpaired) electrons. The van der Waals surface area contributed by atoms with Crippen LogP contribution in [0.5, 0.6) is 0 Å². The maximum Gasteiger partial charge on any atom is 0.436 e. The van der Waals surface area contributed by atoms with Gasteiger partial charge in [-0.25, -0.2) is 18.8 Å². The van der Waals surface area contributed by atoms with Gasteiger partial charge >= 0.3 is 13.8 Å². The van der Waals surface area contributed by atoms with Crippen LogP contribution >= 0.6 is 7.75 Å². The third-order valence-corrected chi connectivity index (χ3v) is 3.92. The molecule has 0 saturated carbocycles. The van der Waals surface area contributed by atoms with E-state index in [2.05, 4.69) is 10.4 Å². The highest BCUT2D eigenvalue weighted by molar-refractivity contribution is 7.52. The molecule has 6 nitrogen and oxygen atoms in total. The van der Waals surface area contributed by atoms with Gasteiger partial charge in [0.05, 0.1) is 12.2 Å². The second-order valence-corrected chi connectivity index (χ2v) is 6.52. The fraction of sp³-hybridized carbons (Fsp3) is 0.462. The molecule has 118 valence electrons. The number of hydrogen-bond acceptors (Lipinski definition) is 4. The van der Waals surface area contributed by atoms with Gasteiger partial charge < -0.3 is 5.32 Å². The second-order valence-electron chi connectivity index (χ2n) is 4.88. The van der Waals surface area contributed by atoms with Gasteiger partial charge in [-0.1, -0.05) is 0 Å². The second kappa shape index (κ2) is 7.54. The SMILES string of the molecule is CC(C)OP(=O)(NC(=O)Nc1ccc(F)cc1)OC(C)C. The van der Waals surface area contributed by atoms with Crippen LogP contribution in [0.1, 0.15) is 27.7 Å². The molecular formula is C13H20FN2O4P. The molecule has 21 heavy (non-hydrogen) atoms. The van der Waals surface area contributed by atoms with Crippen molar-refractivity contribution in [2.75, 3.05) is 5.32 Å². The Hall–Kier alpha value is -1.43. The summed E-state index contributed by atoms with van der Waals surface area (Å²) in [6.45, 7) is 6.71. The fourth-order valence-electron chi connectivity index (χ4n) is 1.45. The number of halogens is 1. The van der Waals surface area contributed by atoms with Crippen LogP contribution in [0.3, 0.4) is 0 Å². The Morgan fingerprint density at radius 2 is 1.57 bits per heavy atom. The molecule has 1 rings (SSSR count). The Kier molecular flexibility index (Phi) is 6.33. The summed E-state index contributed by atoms with van der Waals surface area (Å²) in [5.74, 6) is -0.419. The van der Waals surface area contributed by atoms with E-state index in [-0.39, 0.29) is 12.2 Å². The first-order valence-electron chi connectivity index (χ1n) is 6.52. The van der Waals surface area contributed by atoms with Crippen molar-refractivity contribution >= 4 is 19.5 Å². The smallest absolute Gasteiger partial charge is 0.308 e. The van der Waals surface area contributed by atoms with Crippen molar-refractivity contribution in [2.24, 2.45) is 0 Å². The van der Waals surface area contributed by atoms with Crippen molar-refractivity contribution in [3.63, 3.8) is 0 Å². The molecule has 0 fully saturated rings. The third-order valence-electron chi connectivity index (χ3n) is 2.04. The molecule has 0 saturated heterocycles. The molecule has 2 amide bonds. The van der Waals surface area contributed by atoms with E-state index in [0.717, 1.165) is 0 Å². The van der Waals surface area contributed by atoms with Crippen molar-refractivity contribution in [3.8, 4) is 0 Å². The summed E-state index contributed by atoms with van der Waals surface area (Å²) >= 11 is 0. The number of anilines is 1. The van der Waals surface area contributed by atoms with Crippen LogP contribution in [-0.4, -0.2) is 18.2 Å². The van der Waals surface area contributed by atoms with Crippen LogP contribution < -0.4 is 10.4 Å². The van der Waals surface area contributed by atoms with Gasteiger partial charge in [0.15, 0.2) is 0 Å². The lowest BCUT2D eigenvalue weighted by molar-refractivity contribution is 0.137. The molecule has 0 spiro atoms. The monoisotopic (exact) mass is 318 g/mol. The molecule has 0 aliphatic heterocycles. The van der Waals surface area contributed by atoms with Crippen LogP contribution in [0.4, 0.5) is 14.9 Å². The number of urea groups is 1. The van der Waals surface area contributed by atoms with Crippen LogP contribution in [0.15, 0.2) is 24.3 Å². The fourth-order valence-corrected chi connectivity index (χ4v) is 3.02. The summed E-state index contributed by atoms with van der Waals surface area (Å²) in [6, 6.07) is 4.40. The van der Waals surface area contributed by atoms with Gasteiger partial charge in [-0.05, 0) is 52.0 Å². The van der Waals surface area contributed by atoms with E-state index in [1.54, 1.807) is 27.7 Å². The predicted molar refractivity (Wildman–Crippen MR) is 78.6 cm³/mol. The minimum Gasteiger partial charge on any atom is -0.308 e. The van der Waals surface area contributed by atoms with Gasteiger partial charge in [0.2, 0.25) is 0 Å². The molecule has 8 heteroatoms. The van der Waals surface area contributed by atoms with Crippen LogP contribution in [-0.2, 0) is 13.6 Å². The molecule has 0 aromatic heterocycles. The molecule has 0 aliphatic carbocycles. The average molecular weight is 318 g/mol. The first kappa shape index (κ1) is 17.6. The van der Waals surface area contributed by atoms with E-state index >= 15 is 0 Å². The summed E-state index contributed by atoms with van der Waals surface area (Å²) in [6.07, 6.45) is -0.776. The minimum absolute atomic E-state index is 0.356. The molecule has 0 heterocycles. The lowest BCUT2D eigenvalue weighted by Crippen LogP contribution is -2.29. The largest absolute Gasteiger partial charge is 0.436 e. The maximum absolute atomic E-state index is 12.8. The van der Waals surface area contributed by atoms with E-state index < -0.39 is 19.6 Å². The van der Waals surface area contributed by atoms with Crippen LogP contribution in [0.2, 0.25) is 0 Å². The van der Waals surface area contributed by atoms with E-state index in [9.17, 15) is 13.8 Å². The highest BCUT2D eigenvalue weighted by atomic mass is 31.2. The van der Waals surface area contributed by atoms with Gasteiger partial charge in [0.1, 0.15) is 5.82 Å². The van der Waals surface area contributed by atoms with Gasteiger partial charge in [-0.2, -0.15) is 0 Å². The van der Waals surface area contributed by atoms with Crippen molar-refractivity contribution in [2.45, 2.75) is 39.9 Å². The van der Waals surface area contributed by atoms with Gasteiger partial charge in [0, 0.05) is 5.69 Å². The number of benzene rings is 1. The average Bonchev–Trinajstić information content (AvgIpc) is 2.28. The highest BCUT2D eigenvalue weighted by Crippen LogP contribution is 2.46. The van der Waals surface area contributed by atoms with E-state index in [1.165, 1.54) is 24.3 Å². The molecule has 1 aromatic rings. The number of nitrogens with one attached hydrogen (secondary N) is 2. The molecule has 2 N–H and O–H groups in total. The lowest BCUT2D eigenvalue weighted by Gasteiger charge is -2.22. The number of hydrogen-bond donors (Lipinski definition) is 2. The quantitative estimate of drug-likeness (QED) is 0.780. The number of amides is 2. The summed E-state index contributed by atoms with van der Waals surface area (Å²) in [5, 5.41) is 4.61. The van der Waals surface area contributed by atoms with Crippen molar-refractivity contribution in [1.82, 2.24) is 5.09 Å². The molecule has 0 unspecified atom stereocenters. The Morgan fingerprint density at radius 1 is 1.10 bits per heavy atom. The molecular weight excluding hydrogens is 298 g/mol. The first-order valence-corrected chi connectivity index (χ1v) is 8.06. The Labute approximate surface area is 123 Å². The predicted octanol–water partition coefficient (Wildman–Crippen LogP) is 3.91. The van der Waals surface area contributed by atoms with Crippen molar-refractivity contribution in [1.29, 1.82) is 0 Å². The Morgan fingerprint density at radius 3 is 2.00 bits per heavy atom. The normalized spacial score (nSPS) is 11.8. The standard InChI is InChI=1S/C13H20FN2O4P/c1-9(2)19-21(18,20-10(3)4)16-13(17)15-12-7-5-11(14)6-8-12/h5-10H,1-4H3,(H2,15,16,17,18). The third kappa shape index (κ3) is 6.71. The zero-order chi connectivity index (χ0) is 16.0. The summed E-state index contributed by atoms with van der Waals surface area (Å²) < 4.78 is 35.5. The van der Waals surface area contributed by atoms with E-state index in [4.69, 9.17) is 9.05 Å². The van der Waals surface area contributed by atoms with E-state index in [0.29, 0.717) is 5.69 Å². The Balaban J connectivity index is 2.71. The molecule has 0 atom stereocenters. The summed E-state index contributed by atoms with van der Waals surface area (Å²) in [5.41, 5.74) is 0.356. The Bertz CT molecular complexity index is 505. The zero-order valence-corrected chi connectivity index (χ0v) is 13.3. The maximum atomic E-state index is 12.8. The highest BCUT2D eigenvalue weighted by Gasteiger charge is 2.30. The number of carbonyl (C=O) groups excluding carboxylic acids is 1. The van der Waals surface area contributed by atoms with Crippen LogP contribution in [0.25, 0.3) is 0 Å². The number of carbonyl (C=O) groups is 1. The van der Waals surface area contributed by atoms with Gasteiger partial charge in [-0.3, -0.25) is 9.05 Å². The number of rotatable bonds is 6. The van der Waals surface area contributed by atoms with Crippen molar-refractivity contribution in [3.05, 3.63) is 30.1 Å². The molecule has 0 aliphatic rings. The van der Waals surface area contributed by atoms with Gasteiger partial charge in [-0.15, -0.1) is 0 Å². The summed E-state index contributed by atoms with van der Waals surface area (Å²) in [7, 11) is -3.77. The molecule has 0 bridgehead atoms. The van der Waals surface area contributed by atoms with E-state index in [1.807, 2.05) is 0 Å². The minimum atomic E-state index is -3.77. The lowest BCUT2D eigenvalue weighted by atomic mass is 10.3. The first-order chi connectivity index (χ1) is 9.70. The topological polar surface area (TPSA) is 76.7 Å². The van der Waals surface area contributed by atoms with Crippen molar-refractivity contribution < 1.29 is 22.8 Å². The zero-order valence-electron chi connectivity index (χ0n) is 12.4. The van der Waals surface area contributed by atoms with Gasteiger partial charge in [0.25, 0.3) is 0 Å².